The predicted molar refractivity (Wildman–Crippen MR) is 63.5 cm³/mol. The van der Waals surface area contributed by atoms with Gasteiger partial charge in [0.15, 0.2) is 11.5 Å². The Kier molecular flexibility index (Phi) is 3.73. The molecule has 1 heterocycles. The van der Waals surface area contributed by atoms with E-state index in [9.17, 15) is 0 Å². The number of rotatable bonds is 5. The van der Waals surface area contributed by atoms with Crippen LogP contribution in [0.15, 0.2) is 22.6 Å². The maximum atomic E-state index is 8.93. The van der Waals surface area contributed by atoms with Gasteiger partial charge in [0.25, 0.3) is 0 Å². The van der Waals surface area contributed by atoms with E-state index in [1.54, 1.807) is 0 Å². The highest BCUT2D eigenvalue weighted by molar-refractivity contribution is 5.73. The van der Waals surface area contributed by atoms with Gasteiger partial charge in [-0.25, -0.2) is 4.98 Å². The summed E-state index contributed by atoms with van der Waals surface area (Å²) in [5.74, 6) is 0.647. The van der Waals surface area contributed by atoms with E-state index in [0.717, 1.165) is 16.7 Å². The number of benzene rings is 1. The minimum absolute atomic E-state index is 0.0832. The number of hydrogen-bond donors (Lipinski definition) is 3. The van der Waals surface area contributed by atoms with Crippen LogP contribution in [-0.2, 0) is 6.54 Å². The average molecular weight is 236 g/mol. The van der Waals surface area contributed by atoms with E-state index in [2.05, 4.69) is 10.3 Å². The second kappa shape index (κ2) is 5.27. The second-order valence-electron chi connectivity index (χ2n) is 3.98. The van der Waals surface area contributed by atoms with E-state index in [4.69, 9.17) is 14.6 Å². The molecule has 17 heavy (non-hydrogen) atoms. The van der Waals surface area contributed by atoms with Crippen LogP contribution in [0.1, 0.15) is 11.5 Å². The number of aliphatic hydroxyl groups excluding tert-OH is 2. The molecule has 0 unspecified atom stereocenters. The van der Waals surface area contributed by atoms with Crippen molar-refractivity contribution in [1.82, 2.24) is 10.3 Å². The van der Waals surface area contributed by atoms with Crippen LogP contribution in [0.25, 0.3) is 11.1 Å². The molecular weight excluding hydrogens is 220 g/mol. The van der Waals surface area contributed by atoms with Crippen LogP contribution in [0.3, 0.4) is 0 Å². The number of nitrogens with one attached hydrogen (secondary N) is 1. The van der Waals surface area contributed by atoms with Crippen LogP contribution >= 0.6 is 0 Å². The molecule has 3 N–H and O–H groups in total. The van der Waals surface area contributed by atoms with Crippen LogP contribution in [0.2, 0.25) is 0 Å². The summed E-state index contributed by atoms with van der Waals surface area (Å²) in [5.41, 5.74) is 2.62. The summed E-state index contributed by atoms with van der Waals surface area (Å²) in [7, 11) is 0. The minimum Gasteiger partial charge on any atom is -0.441 e. The zero-order valence-electron chi connectivity index (χ0n) is 9.68. The van der Waals surface area contributed by atoms with Crippen molar-refractivity contribution in [2.75, 3.05) is 13.2 Å². The normalized spacial score (nSPS) is 11.5. The molecule has 5 heteroatoms. The summed E-state index contributed by atoms with van der Waals surface area (Å²) in [6, 6.07) is 5.47. The van der Waals surface area contributed by atoms with Gasteiger partial charge in [0.05, 0.1) is 19.3 Å². The molecule has 1 aromatic heterocycles. The van der Waals surface area contributed by atoms with E-state index < -0.39 is 0 Å². The molecule has 0 radical (unpaired) electrons. The lowest BCUT2D eigenvalue weighted by atomic mass is 10.2. The highest BCUT2D eigenvalue weighted by atomic mass is 16.3. The van der Waals surface area contributed by atoms with E-state index in [1.807, 2.05) is 25.1 Å². The third kappa shape index (κ3) is 2.82. The number of oxazole rings is 1. The summed E-state index contributed by atoms with van der Waals surface area (Å²) in [4.78, 5) is 4.21. The van der Waals surface area contributed by atoms with Gasteiger partial charge >= 0.3 is 0 Å². The second-order valence-corrected chi connectivity index (χ2v) is 3.98. The van der Waals surface area contributed by atoms with Crippen LogP contribution in [0.5, 0.6) is 0 Å². The summed E-state index contributed by atoms with van der Waals surface area (Å²) in [6.07, 6.45) is 0. The first-order valence-electron chi connectivity index (χ1n) is 5.54. The molecule has 0 aliphatic heterocycles. The van der Waals surface area contributed by atoms with E-state index in [0.29, 0.717) is 12.4 Å². The molecule has 0 aliphatic rings. The van der Waals surface area contributed by atoms with Crippen LogP contribution in [0.4, 0.5) is 0 Å². The van der Waals surface area contributed by atoms with Gasteiger partial charge in [-0.1, -0.05) is 6.07 Å². The lowest BCUT2D eigenvalue weighted by Crippen LogP contribution is -2.35. The van der Waals surface area contributed by atoms with Crippen molar-refractivity contribution >= 4 is 11.1 Å². The molecule has 0 saturated heterocycles. The molecule has 1 aromatic carbocycles. The van der Waals surface area contributed by atoms with Crippen molar-refractivity contribution in [3.8, 4) is 0 Å². The molecule has 0 amide bonds. The number of aliphatic hydroxyl groups is 2. The zero-order valence-corrected chi connectivity index (χ0v) is 9.68. The Morgan fingerprint density at radius 2 is 2.12 bits per heavy atom. The SMILES string of the molecule is Cc1nc2ccc(CNC(CO)CO)cc2o1. The smallest absolute Gasteiger partial charge is 0.192 e. The van der Waals surface area contributed by atoms with Crippen molar-refractivity contribution in [3.05, 3.63) is 29.7 Å². The van der Waals surface area contributed by atoms with Crippen molar-refractivity contribution in [1.29, 1.82) is 0 Å². The Morgan fingerprint density at radius 3 is 2.82 bits per heavy atom. The molecule has 0 spiro atoms. The molecule has 0 atom stereocenters. The van der Waals surface area contributed by atoms with Crippen LogP contribution < -0.4 is 5.32 Å². The summed E-state index contributed by atoms with van der Waals surface area (Å²) >= 11 is 0. The largest absolute Gasteiger partial charge is 0.441 e. The van der Waals surface area contributed by atoms with Crippen LogP contribution in [-0.4, -0.2) is 34.5 Å². The highest BCUT2D eigenvalue weighted by Gasteiger charge is 2.06. The first-order valence-corrected chi connectivity index (χ1v) is 5.54. The Morgan fingerprint density at radius 1 is 1.35 bits per heavy atom. The van der Waals surface area contributed by atoms with Gasteiger partial charge in [-0.2, -0.15) is 0 Å². The fourth-order valence-corrected chi connectivity index (χ4v) is 1.64. The number of fused-ring (bicyclic) bond motifs is 1. The molecule has 0 saturated carbocycles. The molecule has 0 bridgehead atoms. The third-order valence-corrected chi connectivity index (χ3v) is 2.60. The average Bonchev–Trinajstić information content (AvgIpc) is 2.69. The highest BCUT2D eigenvalue weighted by Crippen LogP contribution is 2.16. The first kappa shape index (κ1) is 12.0. The molecular formula is C12H16N2O3. The number of hydrogen-bond acceptors (Lipinski definition) is 5. The van der Waals surface area contributed by atoms with Crippen molar-refractivity contribution in [2.45, 2.75) is 19.5 Å². The summed E-state index contributed by atoms with van der Waals surface area (Å²) < 4.78 is 5.43. The predicted octanol–water partition coefficient (Wildman–Crippen LogP) is 0.579. The standard InChI is InChI=1S/C12H16N2O3/c1-8-14-11-3-2-9(4-12(11)17-8)5-13-10(6-15)7-16/h2-4,10,13,15-16H,5-7H2,1H3. The van der Waals surface area contributed by atoms with Gasteiger partial charge in [0.1, 0.15) is 5.52 Å². The molecule has 2 rings (SSSR count). The monoisotopic (exact) mass is 236 g/mol. The van der Waals surface area contributed by atoms with Gasteiger partial charge < -0.3 is 19.9 Å². The van der Waals surface area contributed by atoms with Crippen molar-refractivity contribution in [3.63, 3.8) is 0 Å². The number of nitrogens with zero attached hydrogens (tertiary/aromatic N) is 1. The Labute approximate surface area is 99.1 Å². The van der Waals surface area contributed by atoms with E-state index in [-0.39, 0.29) is 19.3 Å². The van der Waals surface area contributed by atoms with Gasteiger partial charge in [-0.15, -0.1) is 0 Å². The maximum Gasteiger partial charge on any atom is 0.192 e. The van der Waals surface area contributed by atoms with Gasteiger partial charge in [-0.05, 0) is 17.7 Å². The van der Waals surface area contributed by atoms with Gasteiger partial charge in [-0.3, -0.25) is 0 Å². The maximum absolute atomic E-state index is 8.93. The van der Waals surface area contributed by atoms with Crippen molar-refractivity contribution in [2.24, 2.45) is 0 Å². The minimum atomic E-state index is -0.290. The molecule has 0 fully saturated rings. The number of aryl methyl sites for hydroxylation is 1. The quantitative estimate of drug-likeness (QED) is 0.707. The fourth-order valence-electron chi connectivity index (χ4n) is 1.64. The Hall–Kier alpha value is -1.43. The first-order chi connectivity index (χ1) is 8.22. The fraction of sp³-hybridized carbons (Fsp3) is 0.417. The molecule has 0 aliphatic carbocycles. The zero-order chi connectivity index (χ0) is 12.3. The lowest BCUT2D eigenvalue weighted by molar-refractivity contribution is 0.170. The van der Waals surface area contributed by atoms with E-state index in [1.165, 1.54) is 0 Å². The van der Waals surface area contributed by atoms with Crippen molar-refractivity contribution < 1.29 is 14.6 Å². The topological polar surface area (TPSA) is 78.5 Å². The number of aromatic nitrogens is 1. The lowest BCUT2D eigenvalue weighted by Gasteiger charge is -2.12. The Bertz CT molecular complexity index is 491. The van der Waals surface area contributed by atoms with Crippen LogP contribution in [0, 0.1) is 6.92 Å². The van der Waals surface area contributed by atoms with Gasteiger partial charge in [0.2, 0.25) is 0 Å². The summed E-state index contributed by atoms with van der Waals surface area (Å²) in [6.45, 7) is 2.22. The van der Waals surface area contributed by atoms with E-state index >= 15 is 0 Å². The Balaban J connectivity index is 2.08. The summed E-state index contributed by atoms with van der Waals surface area (Å²) in [5, 5.41) is 20.9. The molecule has 2 aromatic rings. The van der Waals surface area contributed by atoms with Gasteiger partial charge in [0, 0.05) is 13.5 Å². The molecule has 5 nitrogen and oxygen atoms in total. The molecule has 92 valence electrons. The third-order valence-electron chi connectivity index (χ3n) is 2.60.